The van der Waals surface area contributed by atoms with Gasteiger partial charge in [0.25, 0.3) is 0 Å². The lowest BCUT2D eigenvalue weighted by Gasteiger charge is -2.12. The van der Waals surface area contributed by atoms with E-state index in [1.165, 1.54) is 0 Å². The van der Waals surface area contributed by atoms with E-state index in [1.54, 1.807) is 31.2 Å². The van der Waals surface area contributed by atoms with E-state index in [9.17, 15) is 9.59 Å². The molecule has 2 aromatic carbocycles. The lowest BCUT2D eigenvalue weighted by Crippen LogP contribution is -2.29. The lowest BCUT2D eigenvalue weighted by atomic mass is 10.1. The highest BCUT2D eigenvalue weighted by atomic mass is 35.5. The molecule has 0 aliphatic carbocycles. The average molecular weight is 426 g/mol. The number of aromatic nitrogens is 1. The Morgan fingerprint density at radius 3 is 2.40 bits per heavy atom. The number of hydrogen-bond acceptors (Lipinski definition) is 3. The van der Waals surface area contributed by atoms with Crippen LogP contribution in [0.4, 0.5) is 10.5 Å². The summed E-state index contributed by atoms with van der Waals surface area (Å²) in [5.41, 5.74) is 3.60. The molecular weight excluding hydrogens is 402 g/mol. The number of esters is 1. The van der Waals surface area contributed by atoms with Crippen molar-refractivity contribution in [3.63, 3.8) is 0 Å². The Balaban J connectivity index is 1.50. The summed E-state index contributed by atoms with van der Waals surface area (Å²) in [6.45, 7) is 3.23. The van der Waals surface area contributed by atoms with Crippen molar-refractivity contribution >= 4 is 29.3 Å². The summed E-state index contributed by atoms with van der Waals surface area (Å²) in [7, 11) is 0. The standard InChI is InChI=1S/C23H24ClN3O3/c1-2-30-22(28)14-17-7-11-20(12-8-17)26-23(29)25-15-21-4-3-13-27(21)16-18-5-9-19(24)10-6-18/h3-13H,2,14-16H2,1H3,(H2,25,26,29). The minimum atomic E-state index is -0.299. The number of carbonyl (C=O) groups is 2. The maximum absolute atomic E-state index is 12.2. The zero-order valence-electron chi connectivity index (χ0n) is 16.7. The first-order valence-corrected chi connectivity index (χ1v) is 10.1. The molecule has 1 heterocycles. The number of rotatable bonds is 8. The Bertz CT molecular complexity index is 982. The van der Waals surface area contributed by atoms with Gasteiger partial charge in [-0.15, -0.1) is 0 Å². The van der Waals surface area contributed by atoms with Crippen LogP contribution >= 0.6 is 11.6 Å². The molecule has 7 heteroatoms. The zero-order chi connectivity index (χ0) is 21.3. The van der Waals surface area contributed by atoms with Gasteiger partial charge in [0.05, 0.1) is 19.6 Å². The van der Waals surface area contributed by atoms with E-state index in [-0.39, 0.29) is 18.4 Å². The van der Waals surface area contributed by atoms with Gasteiger partial charge in [-0.3, -0.25) is 4.79 Å². The molecule has 30 heavy (non-hydrogen) atoms. The van der Waals surface area contributed by atoms with Gasteiger partial charge in [0.1, 0.15) is 0 Å². The zero-order valence-corrected chi connectivity index (χ0v) is 17.5. The Morgan fingerprint density at radius 2 is 1.70 bits per heavy atom. The highest BCUT2D eigenvalue weighted by Gasteiger charge is 2.07. The van der Waals surface area contributed by atoms with Gasteiger partial charge < -0.3 is 19.9 Å². The number of urea groups is 1. The summed E-state index contributed by atoms with van der Waals surface area (Å²) in [6.07, 6.45) is 2.19. The summed E-state index contributed by atoms with van der Waals surface area (Å²) in [6, 6.07) is 18.4. The Morgan fingerprint density at radius 1 is 1.00 bits per heavy atom. The fourth-order valence-electron chi connectivity index (χ4n) is 2.98. The third-order valence-corrected chi connectivity index (χ3v) is 4.74. The molecule has 2 N–H and O–H groups in total. The molecule has 2 amide bonds. The molecule has 0 saturated heterocycles. The summed E-state index contributed by atoms with van der Waals surface area (Å²) in [5, 5.41) is 6.37. The van der Waals surface area contributed by atoms with Gasteiger partial charge in [0.15, 0.2) is 0 Å². The second kappa shape index (κ2) is 10.5. The molecule has 0 saturated carbocycles. The molecule has 156 valence electrons. The quantitative estimate of drug-likeness (QED) is 0.517. The van der Waals surface area contributed by atoms with Gasteiger partial charge in [-0.2, -0.15) is 0 Å². The molecule has 0 bridgehead atoms. The number of hydrogen-bond donors (Lipinski definition) is 2. The van der Waals surface area contributed by atoms with Crippen molar-refractivity contribution in [2.24, 2.45) is 0 Å². The van der Waals surface area contributed by atoms with Crippen LogP contribution < -0.4 is 10.6 Å². The highest BCUT2D eigenvalue weighted by molar-refractivity contribution is 6.30. The van der Waals surface area contributed by atoms with Crippen molar-refractivity contribution in [1.29, 1.82) is 0 Å². The second-order valence-corrected chi connectivity index (χ2v) is 7.18. The first kappa shape index (κ1) is 21.5. The number of benzene rings is 2. The van der Waals surface area contributed by atoms with Crippen LogP contribution in [0, 0.1) is 0 Å². The number of nitrogens with zero attached hydrogens (tertiary/aromatic N) is 1. The number of halogens is 1. The van der Waals surface area contributed by atoms with Crippen LogP contribution in [0.2, 0.25) is 5.02 Å². The van der Waals surface area contributed by atoms with Gasteiger partial charge in [-0.25, -0.2) is 4.79 Å². The van der Waals surface area contributed by atoms with Crippen LogP contribution in [0.1, 0.15) is 23.7 Å². The van der Waals surface area contributed by atoms with Crippen molar-refractivity contribution in [3.05, 3.63) is 88.7 Å². The molecule has 3 aromatic rings. The van der Waals surface area contributed by atoms with Crippen LogP contribution in [0.15, 0.2) is 66.9 Å². The van der Waals surface area contributed by atoms with Crippen molar-refractivity contribution in [2.75, 3.05) is 11.9 Å². The topological polar surface area (TPSA) is 72.4 Å². The molecule has 1 aromatic heterocycles. The molecule has 0 radical (unpaired) electrons. The van der Waals surface area contributed by atoms with Gasteiger partial charge in [-0.1, -0.05) is 35.9 Å². The number of ether oxygens (including phenoxy) is 1. The molecule has 0 fully saturated rings. The van der Waals surface area contributed by atoms with Crippen molar-refractivity contribution in [3.8, 4) is 0 Å². The van der Waals surface area contributed by atoms with Crippen LogP contribution in [-0.2, 0) is 29.0 Å². The predicted molar refractivity (Wildman–Crippen MR) is 118 cm³/mol. The molecule has 0 spiro atoms. The van der Waals surface area contributed by atoms with E-state index in [0.717, 1.165) is 16.8 Å². The van der Waals surface area contributed by atoms with Crippen LogP contribution in [0.25, 0.3) is 0 Å². The van der Waals surface area contributed by atoms with Crippen LogP contribution in [0.5, 0.6) is 0 Å². The van der Waals surface area contributed by atoms with Gasteiger partial charge in [0.2, 0.25) is 0 Å². The Kier molecular flexibility index (Phi) is 7.51. The van der Waals surface area contributed by atoms with Gasteiger partial charge >= 0.3 is 12.0 Å². The predicted octanol–water partition coefficient (Wildman–Crippen LogP) is 4.62. The van der Waals surface area contributed by atoms with E-state index < -0.39 is 0 Å². The molecule has 0 atom stereocenters. The Labute approximate surface area is 180 Å². The molecular formula is C23H24ClN3O3. The maximum atomic E-state index is 12.2. The first-order chi connectivity index (χ1) is 14.5. The van der Waals surface area contributed by atoms with E-state index >= 15 is 0 Å². The third kappa shape index (κ3) is 6.39. The molecule has 6 nitrogen and oxygen atoms in total. The van der Waals surface area contributed by atoms with Crippen molar-refractivity contribution in [2.45, 2.75) is 26.4 Å². The van der Waals surface area contributed by atoms with E-state index in [1.807, 2.05) is 42.6 Å². The summed E-state index contributed by atoms with van der Waals surface area (Å²) in [4.78, 5) is 23.8. The van der Waals surface area contributed by atoms with Gasteiger partial charge in [-0.05, 0) is 54.4 Å². The number of amides is 2. The van der Waals surface area contributed by atoms with E-state index in [4.69, 9.17) is 16.3 Å². The average Bonchev–Trinajstić information content (AvgIpc) is 3.17. The largest absolute Gasteiger partial charge is 0.466 e. The Hall–Kier alpha value is -3.25. The summed E-state index contributed by atoms with van der Waals surface area (Å²) >= 11 is 5.94. The second-order valence-electron chi connectivity index (χ2n) is 6.74. The van der Waals surface area contributed by atoms with E-state index in [2.05, 4.69) is 15.2 Å². The molecule has 0 aliphatic rings. The maximum Gasteiger partial charge on any atom is 0.319 e. The number of nitrogens with one attached hydrogen (secondary N) is 2. The molecule has 3 rings (SSSR count). The van der Waals surface area contributed by atoms with E-state index in [0.29, 0.717) is 30.4 Å². The SMILES string of the molecule is CCOC(=O)Cc1ccc(NC(=O)NCc2cccn2Cc2ccc(Cl)cc2)cc1. The fourth-order valence-corrected chi connectivity index (χ4v) is 3.11. The monoisotopic (exact) mass is 425 g/mol. The minimum Gasteiger partial charge on any atom is -0.466 e. The lowest BCUT2D eigenvalue weighted by molar-refractivity contribution is -0.142. The first-order valence-electron chi connectivity index (χ1n) is 9.71. The highest BCUT2D eigenvalue weighted by Crippen LogP contribution is 2.13. The van der Waals surface area contributed by atoms with Crippen LogP contribution in [-0.4, -0.2) is 23.2 Å². The number of carbonyl (C=O) groups excluding carboxylic acids is 2. The van der Waals surface area contributed by atoms with Crippen molar-refractivity contribution in [1.82, 2.24) is 9.88 Å². The minimum absolute atomic E-state index is 0.213. The molecule has 0 aliphatic heterocycles. The van der Waals surface area contributed by atoms with Crippen LogP contribution in [0.3, 0.4) is 0 Å². The fraction of sp³-hybridized carbons (Fsp3) is 0.217. The number of anilines is 1. The van der Waals surface area contributed by atoms with Crippen molar-refractivity contribution < 1.29 is 14.3 Å². The normalized spacial score (nSPS) is 10.5. The van der Waals surface area contributed by atoms with Gasteiger partial charge in [0, 0.05) is 29.1 Å². The molecule has 0 unspecified atom stereocenters. The summed E-state index contributed by atoms with van der Waals surface area (Å²) in [5.74, 6) is -0.266. The summed E-state index contributed by atoms with van der Waals surface area (Å²) < 4.78 is 7.01. The third-order valence-electron chi connectivity index (χ3n) is 4.49. The smallest absolute Gasteiger partial charge is 0.319 e.